The van der Waals surface area contributed by atoms with Crippen molar-refractivity contribution in [2.45, 2.75) is 51.0 Å². The molecular formula is C14H24N2O3. The standard InChI is InChI=1S/C14H24N2O3/c17-13(8-12-2-1-7-15-12)16-9-10-3-5-11(6-4-10)14(18)19/h10-12,15H,1-9H2,(H,16,17)(H,18,19). The molecule has 3 N–H and O–H groups in total. The highest BCUT2D eigenvalue weighted by Gasteiger charge is 2.26. The lowest BCUT2D eigenvalue weighted by atomic mass is 9.82. The first-order chi connectivity index (χ1) is 9.15. The second-order valence-electron chi connectivity index (χ2n) is 5.86. The summed E-state index contributed by atoms with van der Waals surface area (Å²) in [5, 5.41) is 15.2. The number of rotatable bonds is 5. The predicted octanol–water partition coefficient (Wildman–Crippen LogP) is 1.14. The Bertz CT molecular complexity index is 319. The van der Waals surface area contributed by atoms with Crippen LogP contribution in [0.4, 0.5) is 0 Å². The highest BCUT2D eigenvalue weighted by molar-refractivity contribution is 5.76. The fourth-order valence-electron chi connectivity index (χ4n) is 3.10. The van der Waals surface area contributed by atoms with Crippen molar-refractivity contribution < 1.29 is 14.7 Å². The van der Waals surface area contributed by atoms with Crippen molar-refractivity contribution in [3.8, 4) is 0 Å². The van der Waals surface area contributed by atoms with E-state index in [9.17, 15) is 9.59 Å². The van der Waals surface area contributed by atoms with E-state index in [1.807, 2.05) is 0 Å². The molecule has 0 spiro atoms. The average molecular weight is 268 g/mol. The van der Waals surface area contributed by atoms with Crippen molar-refractivity contribution in [2.75, 3.05) is 13.1 Å². The molecule has 0 aromatic carbocycles. The highest BCUT2D eigenvalue weighted by atomic mass is 16.4. The number of carboxylic acid groups (broad SMARTS) is 1. The number of nitrogens with one attached hydrogen (secondary N) is 2. The van der Waals surface area contributed by atoms with Gasteiger partial charge in [0.05, 0.1) is 5.92 Å². The number of hydrogen-bond acceptors (Lipinski definition) is 3. The van der Waals surface area contributed by atoms with Gasteiger partial charge in [-0.3, -0.25) is 9.59 Å². The molecule has 1 heterocycles. The van der Waals surface area contributed by atoms with Gasteiger partial charge in [0.25, 0.3) is 0 Å². The van der Waals surface area contributed by atoms with E-state index in [4.69, 9.17) is 5.11 Å². The van der Waals surface area contributed by atoms with E-state index in [0.29, 0.717) is 24.9 Å². The molecule has 1 unspecified atom stereocenters. The Morgan fingerprint density at radius 2 is 1.89 bits per heavy atom. The van der Waals surface area contributed by atoms with Gasteiger partial charge in [-0.2, -0.15) is 0 Å². The van der Waals surface area contributed by atoms with Gasteiger partial charge in [-0.15, -0.1) is 0 Å². The fraction of sp³-hybridized carbons (Fsp3) is 0.857. The summed E-state index contributed by atoms with van der Waals surface area (Å²) in [5.41, 5.74) is 0. The molecule has 2 fully saturated rings. The maximum Gasteiger partial charge on any atom is 0.306 e. The summed E-state index contributed by atoms with van der Waals surface area (Å²) in [6.45, 7) is 1.73. The lowest BCUT2D eigenvalue weighted by Crippen LogP contribution is -2.35. The minimum absolute atomic E-state index is 0.125. The van der Waals surface area contributed by atoms with Gasteiger partial charge in [-0.05, 0) is 51.0 Å². The Morgan fingerprint density at radius 1 is 1.16 bits per heavy atom. The van der Waals surface area contributed by atoms with Crippen LogP contribution in [-0.2, 0) is 9.59 Å². The van der Waals surface area contributed by atoms with Crippen LogP contribution in [0.1, 0.15) is 44.9 Å². The van der Waals surface area contributed by atoms with Crippen LogP contribution in [0.2, 0.25) is 0 Å². The molecule has 1 saturated heterocycles. The number of carbonyl (C=O) groups excluding carboxylic acids is 1. The zero-order valence-electron chi connectivity index (χ0n) is 11.4. The van der Waals surface area contributed by atoms with Gasteiger partial charge in [0.15, 0.2) is 0 Å². The van der Waals surface area contributed by atoms with Gasteiger partial charge < -0.3 is 15.7 Å². The molecule has 1 aliphatic heterocycles. The summed E-state index contributed by atoms with van der Waals surface area (Å²) in [6, 6.07) is 0.350. The van der Waals surface area contributed by atoms with Crippen molar-refractivity contribution in [1.29, 1.82) is 0 Å². The molecule has 2 rings (SSSR count). The highest BCUT2D eigenvalue weighted by Crippen LogP contribution is 2.28. The zero-order chi connectivity index (χ0) is 13.7. The van der Waals surface area contributed by atoms with Gasteiger partial charge in [0.2, 0.25) is 5.91 Å². The minimum atomic E-state index is -0.671. The summed E-state index contributed by atoms with van der Waals surface area (Å²) < 4.78 is 0. The van der Waals surface area contributed by atoms with E-state index in [1.165, 1.54) is 0 Å². The van der Waals surface area contributed by atoms with Crippen LogP contribution >= 0.6 is 0 Å². The Morgan fingerprint density at radius 3 is 2.47 bits per heavy atom. The van der Waals surface area contributed by atoms with Gasteiger partial charge in [0, 0.05) is 19.0 Å². The molecule has 5 nitrogen and oxygen atoms in total. The largest absolute Gasteiger partial charge is 0.481 e. The molecule has 5 heteroatoms. The van der Waals surface area contributed by atoms with E-state index in [-0.39, 0.29) is 11.8 Å². The third-order valence-corrected chi connectivity index (χ3v) is 4.38. The topological polar surface area (TPSA) is 78.4 Å². The molecule has 1 amide bonds. The molecule has 2 aliphatic rings. The van der Waals surface area contributed by atoms with E-state index in [1.54, 1.807) is 0 Å². The second-order valence-corrected chi connectivity index (χ2v) is 5.86. The van der Waals surface area contributed by atoms with E-state index in [2.05, 4.69) is 10.6 Å². The fourth-order valence-corrected chi connectivity index (χ4v) is 3.10. The lowest BCUT2D eigenvalue weighted by Gasteiger charge is -2.26. The molecule has 19 heavy (non-hydrogen) atoms. The third kappa shape index (κ3) is 4.49. The second kappa shape index (κ2) is 6.89. The Kier molecular flexibility index (Phi) is 5.19. The summed E-state index contributed by atoms with van der Waals surface area (Å²) in [4.78, 5) is 22.6. The number of amides is 1. The maximum atomic E-state index is 11.8. The van der Waals surface area contributed by atoms with Gasteiger partial charge in [0.1, 0.15) is 0 Å². The van der Waals surface area contributed by atoms with E-state index in [0.717, 1.165) is 45.1 Å². The average Bonchev–Trinajstić information content (AvgIpc) is 2.89. The summed E-state index contributed by atoms with van der Waals surface area (Å²) >= 11 is 0. The van der Waals surface area contributed by atoms with Crippen molar-refractivity contribution in [3.63, 3.8) is 0 Å². The molecule has 1 atom stereocenters. The van der Waals surface area contributed by atoms with Crippen molar-refractivity contribution >= 4 is 11.9 Å². The molecule has 1 saturated carbocycles. The van der Waals surface area contributed by atoms with Crippen LogP contribution in [0.3, 0.4) is 0 Å². The number of hydrogen-bond donors (Lipinski definition) is 3. The molecular weight excluding hydrogens is 244 g/mol. The van der Waals surface area contributed by atoms with Gasteiger partial charge in [-0.1, -0.05) is 0 Å². The zero-order valence-corrected chi connectivity index (χ0v) is 11.4. The summed E-state index contributed by atoms with van der Waals surface area (Å²) in [5.74, 6) is -0.264. The monoisotopic (exact) mass is 268 g/mol. The molecule has 0 bridgehead atoms. The lowest BCUT2D eigenvalue weighted by molar-refractivity contribution is -0.143. The molecule has 0 radical (unpaired) electrons. The number of carbonyl (C=O) groups is 2. The number of aliphatic carboxylic acids is 1. The minimum Gasteiger partial charge on any atom is -0.481 e. The van der Waals surface area contributed by atoms with Crippen molar-refractivity contribution in [2.24, 2.45) is 11.8 Å². The first kappa shape index (κ1) is 14.3. The van der Waals surface area contributed by atoms with Crippen LogP contribution in [0, 0.1) is 11.8 Å². The van der Waals surface area contributed by atoms with Crippen molar-refractivity contribution in [1.82, 2.24) is 10.6 Å². The normalized spacial score (nSPS) is 31.1. The summed E-state index contributed by atoms with van der Waals surface area (Å²) in [6.07, 6.45) is 6.16. The van der Waals surface area contributed by atoms with Gasteiger partial charge in [-0.25, -0.2) is 0 Å². The first-order valence-corrected chi connectivity index (χ1v) is 7.38. The Labute approximate surface area is 114 Å². The molecule has 0 aromatic heterocycles. The van der Waals surface area contributed by atoms with Crippen molar-refractivity contribution in [3.05, 3.63) is 0 Å². The van der Waals surface area contributed by atoms with Gasteiger partial charge >= 0.3 is 5.97 Å². The van der Waals surface area contributed by atoms with E-state index >= 15 is 0 Å². The number of carboxylic acids is 1. The molecule has 0 aromatic rings. The van der Waals surface area contributed by atoms with Crippen LogP contribution in [0.25, 0.3) is 0 Å². The predicted molar refractivity (Wildman–Crippen MR) is 71.7 cm³/mol. The van der Waals surface area contributed by atoms with Crippen LogP contribution in [-0.4, -0.2) is 36.1 Å². The molecule has 108 valence electrons. The van der Waals surface area contributed by atoms with Crippen LogP contribution in [0.5, 0.6) is 0 Å². The Hall–Kier alpha value is -1.10. The van der Waals surface area contributed by atoms with Crippen LogP contribution < -0.4 is 10.6 Å². The quantitative estimate of drug-likeness (QED) is 0.698. The SMILES string of the molecule is O=C(CC1CCCN1)NCC1CCC(C(=O)O)CC1. The maximum absolute atomic E-state index is 11.8. The Balaban J connectivity index is 1.60. The van der Waals surface area contributed by atoms with E-state index < -0.39 is 5.97 Å². The van der Waals surface area contributed by atoms with Crippen LogP contribution in [0.15, 0.2) is 0 Å². The third-order valence-electron chi connectivity index (χ3n) is 4.38. The summed E-state index contributed by atoms with van der Waals surface area (Å²) in [7, 11) is 0. The molecule has 1 aliphatic carbocycles. The first-order valence-electron chi connectivity index (χ1n) is 7.38. The smallest absolute Gasteiger partial charge is 0.306 e.